The molecule has 0 saturated heterocycles. The van der Waals surface area contributed by atoms with E-state index in [4.69, 9.17) is 21.8 Å². The minimum absolute atomic E-state index is 0.368. The van der Waals surface area contributed by atoms with Crippen molar-refractivity contribution in [2.45, 2.75) is 0 Å². The highest BCUT2D eigenvalue weighted by Gasteiger charge is 2.12. The monoisotopic (exact) mass is 349 g/mol. The van der Waals surface area contributed by atoms with Crippen molar-refractivity contribution in [3.8, 4) is 22.8 Å². The number of hydrogen-bond acceptors (Lipinski definition) is 4. The summed E-state index contributed by atoms with van der Waals surface area (Å²) in [6.07, 6.45) is 3.26. The molecule has 1 aromatic carbocycles. The van der Waals surface area contributed by atoms with Crippen molar-refractivity contribution >= 4 is 33.3 Å². The van der Waals surface area contributed by atoms with Crippen LogP contribution in [-0.2, 0) is 0 Å². The highest BCUT2D eigenvalue weighted by molar-refractivity contribution is 9.10. The van der Waals surface area contributed by atoms with E-state index >= 15 is 0 Å². The summed E-state index contributed by atoms with van der Waals surface area (Å²) in [5.41, 5.74) is 7.35. The minimum Gasteiger partial charge on any atom is -0.436 e. The number of hydrogen-bond donors (Lipinski definition) is 1. The van der Waals surface area contributed by atoms with Crippen molar-refractivity contribution in [2.75, 3.05) is 5.73 Å². The summed E-state index contributed by atoms with van der Waals surface area (Å²) in [5, 5.41) is 0.643. The Labute approximate surface area is 128 Å². The van der Waals surface area contributed by atoms with E-state index < -0.39 is 0 Å². The van der Waals surface area contributed by atoms with E-state index in [1.807, 2.05) is 24.3 Å². The predicted octanol–water partition coefficient (Wildman–Crippen LogP) is 4.40. The summed E-state index contributed by atoms with van der Waals surface area (Å²) in [6, 6.07) is 9.19. The van der Waals surface area contributed by atoms with E-state index in [-0.39, 0.29) is 0 Å². The van der Waals surface area contributed by atoms with Crippen LogP contribution in [0.3, 0.4) is 0 Å². The van der Waals surface area contributed by atoms with Gasteiger partial charge in [-0.3, -0.25) is 0 Å². The van der Waals surface area contributed by atoms with Crippen LogP contribution in [0.5, 0.6) is 0 Å². The predicted molar refractivity (Wildman–Crippen MR) is 82.3 cm³/mol. The molecule has 0 fully saturated rings. The molecule has 2 aromatic heterocycles. The number of oxazole rings is 1. The number of nitrogens with two attached hydrogens (primary N) is 1. The van der Waals surface area contributed by atoms with Crippen LogP contribution in [-0.4, -0.2) is 9.97 Å². The fourth-order valence-corrected chi connectivity index (χ4v) is 2.32. The first-order valence-corrected chi connectivity index (χ1v) is 6.94. The number of halogens is 2. The van der Waals surface area contributed by atoms with Crippen molar-refractivity contribution in [2.24, 2.45) is 0 Å². The Morgan fingerprint density at radius 1 is 1.15 bits per heavy atom. The summed E-state index contributed by atoms with van der Waals surface area (Å²) < 4.78 is 6.55. The maximum atomic E-state index is 5.97. The number of pyridine rings is 1. The van der Waals surface area contributed by atoms with Gasteiger partial charge in [0.1, 0.15) is 5.82 Å². The molecule has 0 aliphatic carbocycles. The molecule has 0 spiro atoms. The van der Waals surface area contributed by atoms with E-state index in [2.05, 4.69) is 25.9 Å². The van der Waals surface area contributed by atoms with E-state index in [1.165, 1.54) is 0 Å². The van der Waals surface area contributed by atoms with Gasteiger partial charge in [0.05, 0.1) is 11.8 Å². The molecule has 2 heterocycles. The molecule has 4 nitrogen and oxygen atoms in total. The van der Waals surface area contributed by atoms with Crippen molar-refractivity contribution in [1.29, 1.82) is 0 Å². The Kier molecular flexibility index (Phi) is 3.46. The molecule has 100 valence electrons. The average Bonchev–Trinajstić information content (AvgIpc) is 2.91. The molecule has 0 saturated carbocycles. The quantitative estimate of drug-likeness (QED) is 0.744. The van der Waals surface area contributed by atoms with Gasteiger partial charge in [0.15, 0.2) is 5.76 Å². The van der Waals surface area contributed by atoms with Gasteiger partial charge in [-0.15, -0.1) is 0 Å². The molecule has 0 aliphatic heterocycles. The molecule has 0 amide bonds. The summed E-state index contributed by atoms with van der Waals surface area (Å²) in [4.78, 5) is 8.30. The smallest absolute Gasteiger partial charge is 0.230 e. The fourth-order valence-electron chi connectivity index (χ4n) is 1.79. The molecule has 2 N–H and O–H groups in total. The van der Waals surface area contributed by atoms with E-state index in [0.29, 0.717) is 28.1 Å². The lowest BCUT2D eigenvalue weighted by molar-refractivity contribution is 0.589. The van der Waals surface area contributed by atoms with Gasteiger partial charge in [-0.1, -0.05) is 23.7 Å². The Morgan fingerprint density at radius 2 is 2.00 bits per heavy atom. The normalized spacial score (nSPS) is 10.7. The second kappa shape index (κ2) is 5.26. The van der Waals surface area contributed by atoms with Crippen molar-refractivity contribution in [1.82, 2.24) is 9.97 Å². The van der Waals surface area contributed by atoms with Crippen LogP contribution in [0.1, 0.15) is 0 Å². The van der Waals surface area contributed by atoms with Crippen LogP contribution in [0, 0.1) is 0 Å². The zero-order valence-corrected chi connectivity index (χ0v) is 12.5. The summed E-state index contributed by atoms with van der Waals surface area (Å²) in [6.45, 7) is 0. The highest BCUT2D eigenvalue weighted by atomic mass is 79.9. The van der Waals surface area contributed by atoms with Crippen LogP contribution in [0.2, 0.25) is 5.02 Å². The number of rotatable bonds is 2. The number of nitrogen functional groups attached to an aromatic ring is 1. The number of nitrogens with zero attached hydrogens (tertiary/aromatic N) is 2. The van der Waals surface area contributed by atoms with Gasteiger partial charge in [-0.25, -0.2) is 9.97 Å². The zero-order valence-electron chi connectivity index (χ0n) is 10.2. The Balaban J connectivity index is 2.04. The van der Waals surface area contributed by atoms with Crippen LogP contribution in [0.15, 0.2) is 51.6 Å². The fraction of sp³-hybridized carbons (Fsp3) is 0. The summed E-state index contributed by atoms with van der Waals surface area (Å²) >= 11 is 9.32. The molecule has 0 bridgehead atoms. The van der Waals surface area contributed by atoms with Crippen LogP contribution in [0.4, 0.5) is 5.82 Å². The van der Waals surface area contributed by atoms with Gasteiger partial charge < -0.3 is 10.2 Å². The molecule has 3 aromatic rings. The maximum Gasteiger partial charge on any atom is 0.230 e. The van der Waals surface area contributed by atoms with Gasteiger partial charge in [-0.05, 0) is 34.1 Å². The Bertz CT molecular complexity index is 773. The molecule has 6 heteroatoms. The van der Waals surface area contributed by atoms with Gasteiger partial charge in [0.25, 0.3) is 0 Å². The van der Waals surface area contributed by atoms with Gasteiger partial charge in [0, 0.05) is 21.3 Å². The van der Waals surface area contributed by atoms with E-state index in [1.54, 1.807) is 18.5 Å². The molecule has 3 rings (SSSR count). The maximum absolute atomic E-state index is 5.97. The largest absolute Gasteiger partial charge is 0.436 e. The second-order valence-corrected chi connectivity index (χ2v) is 5.48. The highest BCUT2D eigenvalue weighted by Crippen LogP contribution is 2.30. The first-order chi connectivity index (χ1) is 9.63. The Hall–Kier alpha value is -1.85. The van der Waals surface area contributed by atoms with Gasteiger partial charge in [0.2, 0.25) is 5.89 Å². The minimum atomic E-state index is 0.368. The third-order valence-electron chi connectivity index (χ3n) is 2.73. The second-order valence-electron chi connectivity index (χ2n) is 4.13. The van der Waals surface area contributed by atoms with Crippen LogP contribution >= 0.6 is 27.5 Å². The molecule has 0 atom stereocenters. The lowest BCUT2D eigenvalue weighted by Crippen LogP contribution is -1.93. The molecule has 0 unspecified atom stereocenters. The first-order valence-electron chi connectivity index (χ1n) is 5.76. The standard InChI is InChI=1S/C14H9BrClN3O/c15-9-5-11(13(17)18-6-9)14-19-7-12(20-14)8-2-1-3-10(16)4-8/h1-7H,(H2,17,18). The Morgan fingerprint density at radius 3 is 2.80 bits per heavy atom. The van der Waals surface area contributed by atoms with Crippen molar-refractivity contribution in [3.63, 3.8) is 0 Å². The lowest BCUT2D eigenvalue weighted by atomic mass is 10.2. The summed E-state index contributed by atoms with van der Waals surface area (Å²) in [5.74, 6) is 1.42. The van der Waals surface area contributed by atoms with Crippen LogP contribution < -0.4 is 5.73 Å². The molecule has 0 radical (unpaired) electrons. The molecular weight excluding hydrogens is 342 g/mol. The third-order valence-corrected chi connectivity index (χ3v) is 3.40. The van der Waals surface area contributed by atoms with Gasteiger partial charge in [-0.2, -0.15) is 0 Å². The van der Waals surface area contributed by atoms with Crippen LogP contribution in [0.25, 0.3) is 22.8 Å². The molecule has 0 aliphatic rings. The topological polar surface area (TPSA) is 64.9 Å². The van der Waals surface area contributed by atoms with Crippen molar-refractivity contribution in [3.05, 3.63) is 52.2 Å². The number of anilines is 1. The van der Waals surface area contributed by atoms with Crippen molar-refractivity contribution < 1.29 is 4.42 Å². The lowest BCUT2D eigenvalue weighted by Gasteiger charge is -2.01. The third kappa shape index (κ3) is 2.55. The average molecular weight is 351 g/mol. The molecule has 20 heavy (non-hydrogen) atoms. The van der Waals surface area contributed by atoms with E-state index in [9.17, 15) is 0 Å². The SMILES string of the molecule is Nc1ncc(Br)cc1-c1ncc(-c2cccc(Cl)c2)o1. The zero-order chi connectivity index (χ0) is 14.1. The molecular formula is C14H9BrClN3O. The van der Waals surface area contributed by atoms with E-state index in [0.717, 1.165) is 10.0 Å². The summed E-state index contributed by atoms with van der Waals surface area (Å²) in [7, 11) is 0. The number of aromatic nitrogens is 2. The first kappa shape index (κ1) is 13.1. The van der Waals surface area contributed by atoms with Gasteiger partial charge >= 0.3 is 0 Å². The number of benzene rings is 1.